The molecular weight excluding hydrogens is 438 g/mol. The average Bonchev–Trinajstić information content (AvgIpc) is 2.75. The first kappa shape index (κ1) is 30.6. The summed E-state index contributed by atoms with van der Waals surface area (Å²) in [6.07, 6.45) is 3.43. The fraction of sp³-hybridized carbons (Fsp3) is 0.633. The molecule has 1 aromatic rings. The Morgan fingerprint density at radius 1 is 0.971 bits per heavy atom. The van der Waals surface area contributed by atoms with Crippen LogP contribution in [-0.2, 0) is 19.8 Å². The second-order valence-corrected chi connectivity index (χ2v) is 11.9. The minimum absolute atomic E-state index is 0.0976. The molecule has 5 nitrogen and oxygen atoms in total. The number of benzene rings is 1. The van der Waals surface area contributed by atoms with Crippen molar-refractivity contribution in [2.45, 2.75) is 87.5 Å². The van der Waals surface area contributed by atoms with Crippen LogP contribution in [0.4, 0.5) is 0 Å². The summed E-state index contributed by atoms with van der Waals surface area (Å²) < 4.78 is 0. The molecule has 0 aliphatic rings. The maximum Gasteiger partial charge on any atom is 0.330 e. The van der Waals surface area contributed by atoms with Crippen molar-refractivity contribution >= 4 is 17.8 Å². The lowest BCUT2D eigenvalue weighted by Crippen LogP contribution is -2.50. The minimum atomic E-state index is -0.949. The number of imide groups is 1. The number of rotatable bonds is 11. The highest BCUT2D eigenvalue weighted by molar-refractivity contribution is 5.98. The number of carbonyl (C=O) groups excluding carboxylic acids is 2. The van der Waals surface area contributed by atoms with Crippen molar-refractivity contribution in [3.8, 4) is 0 Å². The summed E-state index contributed by atoms with van der Waals surface area (Å²) in [4.78, 5) is 38.7. The van der Waals surface area contributed by atoms with Gasteiger partial charge in [0.15, 0.2) is 0 Å². The normalized spacial score (nSPS) is 16.4. The van der Waals surface area contributed by atoms with Gasteiger partial charge in [0.1, 0.15) is 0 Å². The molecule has 1 unspecified atom stereocenters. The summed E-state index contributed by atoms with van der Waals surface area (Å²) >= 11 is 0. The van der Waals surface area contributed by atoms with Crippen LogP contribution in [0.25, 0.3) is 0 Å². The van der Waals surface area contributed by atoms with Crippen molar-refractivity contribution in [3.05, 3.63) is 47.5 Å². The SMILES string of the molecule is CCC[C@H](C(C(=O)NC(=O)[C@@H](C)C(C)(C)c1ccccc1)C(C)(C)C)[C@H](/C=C(\C)C(=O)O)C(C)C. The Bertz CT molecular complexity index is 893. The van der Waals surface area contributed by atoms with E-state index in [1.54, 1.807) is 6.92 Å². The third kappa shape index (κ3) is 8.05. The van der Waals surface area contributed by atoms with Crippen LogP contribution >= 0.6 is 0 Å². The van der Waals surface area contributed by atoms with Crippen LogP contribution in [0.1, 0.15) is 87.6 Å². The van der Waals surface area contributed by atoms with E-state index < -0.39 is 28.6 Å². The molecule has 0 fully saturated rings. The first-order chi connectivity index (χ1) is 16.0. The first-order valence-electron chi connectivity index (χ1n) is 12.9. The summed E-state index contributed by atoms with van der Waals surface area (Å²) in [6.45, 7) is 19.8. The predicted octanol–water partition coefficient (Wildman–Crippen LogP) is 6.62. The lowest BCUT2D eigenvalue weighted by atomic mass is 9.64. The molecule has 2 N–H and O–H groups in total. The van der Waals surface area contributed by atoms with Gasteiger partial charge in [0.2, 0.25) is 11.8 Å². The summed E-state index contributed by atoms with van der Waals surface area (Å²) in [5.74, 6) is -2.44. The van der Waals surface area contributed by atoms with Crippen LogP contribution in [0, 0.1) is 35.0 Å². The van der Waals surface area contributed by atoms with Crippen molar-refractivity contribution in [3.63, 3.8) is 0 Å². The van der Waals surface area contributed by atoms with E-state index in [1.165, 1.54) is 0 Å². The van der Waals surface area contributed by atoms with Gasteiger partial charge in [0.25, 0.3) is 0 Å². The van der Waals surface area contributed by atoms with E-state index in [4.69, 9.17) is 0 Å². The molecule has 0 heterocycles. The molecule has 5 heteroatoms. The molecule has 0 aliphatic carbocycles. The summed E-state index contributed by atoms with van der Waals surface area (Å²) in [7, 11) is 0. The predicted molar refractivity (Wildman–Crippen MR) is 143 cm³/mol. The zero-order chi connectivity index (χ0) is 27.1. The topological polar surface area (TPSA) is 83.5 Å². The van der Waals surface area contributed by atoms with Crippen molar-refractivity contribution in [1.82, 2.24) is 5.32 Å². The Labute approximate surface area is 212 Å². The number of aliphatic carboxylic acids is 1. The van der Waals surface area contributed by atoms with Gasteiger partial charge in [0.05, 0.1) is 0 Å². The van der Waals surface area contributed by atoms with E-state index in [0.717, 1.165) is 18.4 Å². The molecule has 1 rings (SSSR count). The highest BCUT2D eigenvalue weighted by Crippen LogP contribution is 2.42. The highest BCUT2D eigenvalue weighted by atomic mass is 16.4. The molecule has 0 bridgehead atoms. The Morgan fingerprint density at radius 3 is 1.94 bits per heavy atom. The van der Waals surface area contributed by atoms with Gasteiger partial charge in [-0.3, -0.25) is 14.9 Å². The molecule has 0 aromatic heterocycles. The smallest absolute Gasteiger partial charge is 0.330 e. The van der Waals surface area contributed by atoms with Gasteiger partial charge in [-0.05, 0) is 42.1 Å². The van der Waals surface area contributed by atoms with Crippen molar-refractivity contribution in [2.24, 2.45) is 35.0 Å². The van der Waals surface area contributed by atoms with Gasteiger partial charge in [-0.25, -0.2) is 4.79 Å². The lowest BCUT2D eigenvalue weighted by Gasteiger charge is -2.41. The zero-order valence-corrected chi connectivity index (χ0v) is 23.4. The molecule has 0 saturated carbocycles. The Kier molecular flexibility index (Phi) is 10.9. The number of carboxylic acids is 1. The van der Waals surface area contributed by atoms with Crippen molar-refractivity contribution < 1.29 is 19.5 Å². The van der Waals surface area contributed by atoms with Gasteiger partial charge < -0.3 is 5.11 Å². The Balaban J connectivity index is 3.35. The van der Waals surface area contributed by atoms with Gasteiger partial charge in [-0.15, -0.1) is 0 Å². The van der Waals surface area contributed by atoms with Crippen LogP contribution in [-0.4, -0.2) is 22.9 Å². The van der Waals surface area contributed by atoms with E-state index in [-0.39, 0.29) is 35.1 Å². The van der Waals surface area contributed by atoms with Gasteiger partial charge in [-0.2, -0.15) is 0 Å². The second kappa shape index (κ2) is 12.5. The molecule has 0 spiro atoms. The quantitative estimate of drug-likeness (QED) is 0.345. The van der Waals surface area contributed by atoms with Gasteiger partial charge in [0, 0.05) is 22.8 Å². The fourth-order valence-corrected chi connectivity index (χ4v) is 5.07. The van der Waals surface area contributed by atoms with E-state index in [0.29, 0.717) is 0 Å². The van der Waals surface area contributed by atoms with Crippen LogP contribution in [0.5, 0.6) is 0 Å². The number of carboxylic acid groups (broad SMARTS) is 1. The molecule has 4 atom stereocenters. The van der Waals surface area contributed by atoms with E-state index in [1.807, 2.05) is 78.0 Å². The van der Waals surface area contributed by atoms with Gasteiger partial charge >= 0.3 is 5.97 Å². The van der Waals surface area contributed by atoms with Crippen LogP contribution in [0.2, 0.25) is 0 Å². The maximum atomic E-state index is 13.8. The average molecular weight is 486 g/mol. The summed E-state index contributed by atoms with van der Waals surface area (Å²) in [6, 6.07) is 9.87. The Hall–Kier alpha value is -2.43. The maximum absolute atomic E-state index is 13.8. The minimum Gasteiger partial charge on any atom is -0.478 e. The number of amides is 2. The van der Waals surface area contributed by atoms with E-state index in [9.17, 15) is 19.5 Å². The largest absolute Gasteiger partial charge is 0.478 e. The lowest BCUT2D eigenvalue weighted by molar-refractivity contribution is -0.139. The fourth-order valence-electron chi connectivity index (χ4n) is 5.07. The molecule has 1 aromatic carbocycles. The third-order valence-electron chi connectivity index (χ3n) is 7.55. The number of carbonyl (C=O) groups is 3. The zero-order valence-electron chi connectivity index (χ0n) is 23.4. The standard InChI is InChI=1S/C30H47NO4/c1-11-15-23(24(19(2)3)18-20(4)28(34)35)25(29(6,7)8)27(33)31-26(32)21(5)30(9,10)22-16-13-12-14-17-22/h12-14,16-19,21,23-25H,11,15H2,1-10H3,(H,34,35)(H,31,32,33)/b20-18+/t21-,23+,24-,25?/m1/s1. The van der Waals surface area contributed by atoms with Crippen LogP contribution in [0.15, 0.2) is 42.0 Å². The van der Waals surface area contributed by atoms with Crippen LogP contribution < -0.4 is 5.32 Å². The molecule has 2 amide bonds. The molecule has 35 heavy (non-hydrogen) atoms. The van der Waals surface area contributed by atoms with Gasteiger partial charge in [-0.1, -0.05) is 105 Å². The molecule has 0 aliphatic heterocycles. The molecule has 196 valence electrons. The number of nitrogens with one attached hydrogen (secondary N) is 1. The summed E-state index contributed by atoms with van der Waals surface area (Å²) in [5, 5.41) is 12.2. The second-order valence-electron chi connectivity index (χ2n) is 11.9. The summed E-state index contributed by atoms with van der Waals surface area (Å²) in [5.41, 5.74) is 0.459. The van der Waals surface area contributed by atoms with Crippen molar-refractivity contribution in [1.29, 1.82) is 0 Å². The monoisotopic (exact) mass is 485 g/mol. The number of hydrogen-bond donors (Lipinski definition) is 2. The van der Waals surface area contributed by atoms with Crippen molar-refractivity contribution in [2.75, 3.05) is 0 Å². The van der Waals surface area contributed by atoms with E-state index in [2.05, 4.69) is 26.1 Å². The highest BCUT2D eigenvalue weighted by Gasteiger charge is 2.43. The molecule has 0 radical (unpaired) electrons. The van der Waals surface area contributed by atoms with E-state index >= 15 is 0 Å². The number of hydrogen-bond acceptors (Lipinski definition) is 3. The number of allylic oxidation sites excluding steroid dienone is 1. The molecule has 0 saturated heterocycles. The third-order valence-corrected chi connectivity index (χ3v) is 7.55. The van der Waals surface area contributed by atoms with Crippen LogP contribution in [0.3, 0.4) is 0 Å². The Morgan fingerprint density at radius 2 is 1.51 bits per heavy atom. The molecular formula is C30H47NO4. The first-order valence-corrected chi connectivity index (χ1v) is 12.9.